The molecule has 1 aliphatic heterocycles. The minimum Gasteiger partial charge on any atom is -0.493 e. The molecule has 2 aromatic rings. The van der Waals surface area contributed by atoms with Gasteiger partial charge in [0.05, 0.1) is 33.5 Å². The Hall–Kier alpha value is -2.91. The van der Waals surface area contributed by atoms with Crippen LogP contribution < -0.4 is 15.2 Å². The molecule has 2 atom stereocenters. The second-order valence-corrected chi connectivity index (χ2v) is 6.27. The summed E-state index contributed by atoms with van der Waals surface area (Å²) < 4.78 is 17.6. The predicted molar refractivity (Wildman–Crippen MR) is 99.3 cm³/mol. The minimum absolute atomic E-state index is 0.144. The molecule has 0 radical (unpaired) electrons. The lowest BCUT2D eigenvalue weighted by molar-refractivity contribution is -0.150. The Morgan fingerprint density at radius 1 is 1.32 bits per heavy atom. The van der Waals surface area contributed by atoms with E-state index in [0.29, 0.717) is 24.7 Å². The summed E-state index contributed by atoms with van der Waals surface area (Å²) in [4.78, 5) is 30.1. The SMILES string of the molecule is COc1ccc([C@H]2[C@H](CO)OCCN2C(=O)Cn2cccnc2=O)cc1OC. The van der Waals surface area contributed by atoms with E-state index in [1.54, 1.807) is 36.3 Å². The maximum absolute atomic E-state index is 13.0. The number of morpholine rings is 1. The highest BCUT2D eigenvalue weighted by atomic mass is 16.5. The number of amides is 1. The van der Waals surface area contributed by atoms with Crippen LogP contribution in [-0.4, -0.2) is 65.5 Å². The Balaban J connectivity index is 1.93. The molecule has 1 aliphatic rings. The van der Waals surface area contributed by atoms with Crippen LogP contribution in [0.4, 0.5) is 0 Å². The van der Waals surface area contributed by atoms with E-state index in [1.165, 1.54) is 24.1 Å². The summed E-state index contributed by atoms with van der Waals surface area (Å²) in [6, 6.07) is 6.37. The fourth-order valence-corrected chi connectivity index (χ4v) is 3.34. The molecule has 1 fully saturated rings. The number of aliphatic hydroxyl groups is 1. The summed E-state index contributed by atoms with van der Waals surface area (Å²) >= 11 is 0. The molecule has 150 valence electrons. The number of carbonyl (C=O) groups is 1. The molecule has 28 heavy (non-hydrogen) atoms. The van der Waals surface area contributed by atoms with Crippen LogP contribution in [0.3, 0.4) is 0 Å². The Kier molecular flexibility index (Phi) is 6.27. The predicted octanol–water partition coefficient (Wildman–Crippen LogP) is 0.221. The van der Waals surface area contributed by atoms with Gasteiger partial charge >= 0.3 is 5.69 Å². The minimum atomic E-state index is -0.596. The molecular weight excluding hydrogens is 366 g/mol. The number of hydrogen-bond acceptors (Lipinski definition) is 7. The van der Waals surface area contributed by atoms with Crippen LogP contribution in [0.5, 0.6) is 11.5 Å². The molecule has 9 nitrogen and oxygen atoms in total. The number of benzene rings is 1. The molecule has 2 heterocycles. The van der Waals surface area contributed by atoms with E-state index in [1.807, 2.05) is 0 Å². The lowest BCUT2D eigenvalue weighted by Gasteiger charge is -2.41. The van der Waals surface area contributed by atoms with Crippen molar-refractivity contribution in [1.29, 1.82) is 0 Å². The molecule has 1 aromatic carbocycles. The van der Waals surface area contributed by atoms with Gasteiger partial charge in [0.1, 0.15) is 12.6 Å². The zero-order chi connectivity index (χ0) is 20.1. The van der Waals surface area contributed by atoms with Crippen LogP contribution in [0.2, 0.25) is 0 Å². The summed E-state index contributed by atoms with van der Waals surface area (Å²) in [5.74, 6) is 0.804. The number of nitrogens with zero attached hydrogens (tertiary/aromatic N) is 3. The van der Waals surface area contributed by atoms with Gasteiger partial charge < -0.3 is 24.2 Å². The quantitative estimate of drug-likeness (QED) is 0.754. The summed E-state index contributed by atoms with van der Waals surface area (Å²) in [6.07, 6.45) is 2.30. The number of rotatable bonds is 6. The van der Waals surface area contributed by atoms with Crippen LogP contribution in [0.25, 0.3) is 0 Å². The molecule has 1 amide bonds. The van der Waals surface area contributed by atoms with Gasteiger partial charge in [0.2, 0.25) is 5.91 Å². The van der Waals surface area contributed by atoms with Crippen molar-refractivity contribution in [2.45, 2.75) is 18.7 Å². The average molecular weight is 389 g/mol. The van der Waals surface area contributed by atoms with Gasteiger partial charge in [-0.2, -0.15) is 0 Å². The second-order valence-electron chi connectivity index (χ2n) is 6.27. The molecule has 0 aliphatic carbocycles. The molecule has 3 rings (SSSR count). The third-order valence-electron chi connectivity index (χ3n) is 4.69. The van der Waals surface area contributed by atoms with Crippen LogP contribution >= 0.6 is 0 Å². The van der Waals surface area contributed by atoms with E-state index >= 15 is 0 Å². The molecule has 0 spiro atoms. The third-order valence-corrected chi connectivity index (χ3v) is 4.69. The molecule has 1 saturated heterocycles. The Labute approximate surface area is 162 Å². The summed E-state index contributed by atoms with van der Waals surface area (Å²) in [6.45, 7) is 0.232. The van der Waals surface area contributed by atoms with Crippen molar-refractivity contribution in [1.82, 2.24) is 14.5 Å². The van der Waals surface area contributed by atoms with E-state index in [4.69, 9.17) is 14.2 Å². The van der Waals surface area contributed by atoms with Gasteiger partial charge in [-0.05, 0) is 23.8 Å². The Morgan fingerprint density at radius 2 is 2.11 bits per heavy atom. The molecule has 9 heteroatoms. The van der Waals surface area contributed by atoms with Gasteiger partial charge in [-0.25, -0.2) is 9.78 Å². The molecule has 1 N–H and O–H groups in total. The molecule has 1 aromatic heterocycles. The first-order valence-corrected chi connectivity index (χ1v) is 8.84. The topological polar surface area (TPSA) is 103 Å². The Morgan fingerprint density at radius 3 is 2.79 bits per heavy atom. The molecule has 0 bridgehead atoms. The zero-order valence-electron chi connectivity index (χ0n) is 15.8. The van der Waals surface area contributed by atoms with Crippen molar-refractivity contribution in [3.63, 3.8) is 0 Å². The number of ether oxygens (including phenoxy) is 3. The van der Waals surface area contributed by atoms with Crippen LogP contribution in [0.15, 0.2) is 41.5 Å². The molecule has 0 saturated carbocycles. The number of carbonyl (C=O) groups excluding carboxylic acids is 1. The maximum atomic E-state index is 13.0. The Bertz CT molecular complexity index is 884. The highest BCUT2D eigenvalue weighted by molar-refractivity contribution is 5.77. The van der Waals surface area contributed by atoms with E-state index in [-0.39, 0.29) is 19.1 Å². The van der Waals surface area contributed by atoms with Gasteiger partial charge in [-0.3, -0.25) is 9.36 Å². The summed E-state index contributed by atoms with van der Waals surface area (Å²) in [7, 11) is 3.07. The van der Waals surface area contributed by atoms with Crippen LogP contribution in [0, 0.1) is 0 Å². The van der Waals surface area contributed by atoms with Crippen molar-refractivity contribution in [3.05, 3.63) is 52.7 Å². The first kappa shape index (κ1) is 19.8. The highest BCUT2D eigenvalue weighted by Gasteiger charge is 2.36. The van der Waals surface area contributed by atoms with Crippen molar-refractivity contribution in [2.75, 3.05) is 34.0 Å². The number of aromatic nitrogens is 2. The molecular formula is C19H23N3O6. The fourth-order valence-electron chi connectivity index (χ4n) is 3.34. The van der Waals surface area contributed by atoms with Gasteiger partial charge in [-0.15, -0.1) is 0 Å². The van der Waals surface area contributed by atoms with Crippen molar-refractivity contribution in [3.8, 4) is 11.5 Å². The third kappa shape index (κ3) is 4.00. The first-order valence-electron chi connectivity index (χ1n) is 8.84. The van der Waals surface area contributed by atoms with E-state index in [2.05, 4.69) is 4.98 Å². The fraction of sp³-hybridized carbons (Fsp3) is 0.421. The summed E-state index contributed by atoms with van der Waals surface area (Å²) in [5, 5.41) is 9.80. The highest BCUT2D eigenvalue weighted by Crippen LogP contribution is 2.35. The van der Waals surface area contributed by atoms with E-state index in [9.17, 15) is 14.7 Å². The standard InChI is InChI=1S/C19H23N3O6/c1-26-14-5-4-13(10-15(14)27-2)18-16(12-23)28-9-8-22(18)17(24)11-21-7-3-6-20-19(21)25/h3-7,10,16,18,23H,8-9,11-12H2,1-2H3/t16-,18-/m0/s1. The normalized spacial score (nSPS) is 19.3. The van der Waals surface area contributed by atoms with Gasteiger partial charge in [0, 0.05) is 18.9 Å². The number of methoxy groups -OCH3 is 2. The van der Waals surface area contributed by atoms with Crippen molar-refractivity contribution < 1.29 is 24.1 Å². The zero-order valence-corrected chi connectivity index (χ0v) is 15.8. The van der Waals surface area contributed by atoms with Crippen LogP contribution in [-0.2, 0) is 16.1 Å². The average Bonchev–Trinajstić information content (AvgIpc) is 2.74. The lowest BCUT2D eigenvalue weighted by atomic mass is 9.97. The number of hydrogen-bond donors (Lipinski definition) is 1. The van der Waals surface area contributed by atoms with E-state index in [0.717, 1.165) is 5.56 Å². The summed E-state index contributed by atoms with van der Waals surface area (Å²) in [5.41, 5.74) is 0.244. The molecule has 0 unspecified atom stereocenters. The number of aliphatic hydroxyl groups excluding tert-OH is 1. The smallest absolute Gasteiger partial charge is 0.347 e. The van der Waals surface area contributed by atoms with E-state index < -0.39 is 17.8 Å². The van der Waals surface area contributed by atoms with Crippen molar-refractivity contribution in [2.24, 2.45) is 0 Å². The van der Waals surface area contributed by atoms with Gasteiger partial charge in [0.15, 0.2) is 11.5 Å². The van der Waals surface area contributed by atoms with Gasteiger partial charge in [-0.1, -0.05) is 6.07 Å². The first-order chi connectivity index (χ1) is 13.6. The van der Waals surface area contributed by atoms with Crippen molar-refractivity contribution >= 4 is 5.91 Å². The van der Waals surface area contributed by atoms with Gasteiger partial charge in [0.25, 0.3) is 0 Å². The second kappa shape index (κ2) is 8.85. The monoisotopic (exact) mass is 389 g/mol. The largest absolute Gasteiger partial charge is 0.493 e. The van der Waals surface area contributed by atoms with Crippen LogP contribution in [0.1, 0.15) is 11.6 Å². The lowest BCUT2D eigenvalue weighted by Crippen LogP contribution is -2.50. The maximum Gasteiger partial charge on any atom is 0.347 e.